The van der Waals surface area contributed by atoms with Crippen molar-refractivity contribution in [1.82, 2.24) is 24.8 Å². The van der Waals surface area contributed by atoms with Crippen molar-refractivity contribution in [2.75, 3.05) is 32.6 Å². The minimum atomic E-state index is -1.14. The molecule has 5 rings (SSSR count). The van der Waals surface area contributed by atoms with E-state index in [2.05, 4.69) is 25.3 Å². The second kappa shape index (κ2) is 12.8. The number of carbonyl (C=O) groups is 2. The van der Waals surface area contributed by atoms with Crippen molar-refractivity contribution in [2.24, 2.45) is 5.41 Å². The maximum absolute atomic E-state index is 13.6. The van der Waals surface area contributed by atoms with Gasteiger partial charge in [0.1, 0.15) is 11.2 Å². The summed E-state index contributed by atoms with van der Waals surface area (Å²) in [6, 6.07) is 11.7. The average molecular weight is 569 g/mol. The first-order chi connectivity index (χ1) is 19.2. The van der Waals surface area contributed by atoms with E-state index >= 15 is 0 Å². The first-order valence-corrected chi connectivity index (χ1v) is 13.1. The van der Waals surface area contributed by atoms with Crippen LogP contribution in [-0.2, 0) is 25.6 Å². The van der Waals surface area contributed by atoms with Gasteiger partial charge in [0.2, 0.25) is 18.6 Å². The number of carboxylic acid groups (broad SMARTS) is 1. The molecule has 1 amide bonds. The quantitative estimate of drug-likeness (QED) is 0.267. The molecule has 0 radical (unpaired) electrons. The van der Waals surface area contributed by atoms with Crippen molar-refractivity contribution in [2.45, 2.75) is 19.8 Å². The van der Waals surface area contributed by atoms with Crippen LogP contribution in [0.2, 0.25) is 0 Å². The van der Waals surface area contributed by atoms with Gasteiger partial charge >= 0.3 is 5.97 Å². The van der Waals surface area contributed by atoms with E-state index in [1.54, 1.807) is 56.8 Å². The molecule has 1 aliphatic heterocycles. The first kappa shape index (κ1) is 28.8. The summed E-state index contributed by atoms with van der Waals surface area (Å²) < 4.78 is 25.0. The highest BCUT2D eigenvalue weighted by Gasteiger charge is 2.41. The van der Waals surface area contributed by atoms with E-state index in [9.17, 15) is 19.1 Å². The van der Waals surface area contributed by atoms with E-state index in [1.807, 2.05) is 17.5 Å². The van der Waals surface area contributed by atoms with Crippen LogP contribution < -0.4 is 5.32 Å². The van der Waals surface area contributed by atoms with Crippen LogP contribution >= 0.6 is 11.3 Å². The molecule has 210 valence electrons. The second-order valence-electron chi connectivity index (χ2n) is 9.44. The number of hydrogen-bond donors (Lipinski definition) is 3. The van der Waals surface area contributed by atoms with Crippen LogP contribution in [0.3, 0.4) is 0 Å². The smallest absolute Gasteiger partial charge is 0.314 e. The number of H-pyrrole nitrogens is 1. The lowest BCUT2D eigenvalue weighted by molar-refractivity contribution is -0.236. The number of halogens is 1. The van der Waals surface area contributed by atoms with E-state index in [0.717, 1.165) is 11.3 Å². The van der Waals surface area contributed by atoms with Crippen LogP contribution in [0, 0.1) is 11.2 Å². The van der Waals surface area contributed by atoms with Gasteiger partial charge in [0.15, 0.2) is 5.82 Å². The number of aliphatic carboxylic acids is 1. The molecule has 1 saturated heterocycles. The molecule has 0 saturated carbocycles. The minimum absolute atomic E-state index is 0.0286. The van der Waals surface area contributed by atoms with Gasteiger partial charge in [0.25, 0.3) is 0 Å². The molecule has 3 N–H and O–H groups in total. The molecular formula is C27H29FN6O5S. The molecule has 0 aliphatic carbocycles. The van der Waals surface area contributed by atoms with Crippen LogP contribution in [0.25, 0.3) is 22.6 Å². The Labute approximate surface area is 234 Å². The predicted molar refractivity (Wildman–Crippen MR) is 147 cm³/mol. The normalized spacial score (nSPS) is 18.4. The maximum Gasteiger partial charge on any atom is 0.314 e. The summed E-state index contributed by atoms with van der Waals surface area (Å²) in [7, 11) is 3.38. The van der Waals surface area contributed by atoms with Gasteiger partial charge in [0.05, 0.1) is 36.8 Å². The van der Waals surface area contributed by atoms with E-state index in [4.69, 9.17) is 9.47 Å². The number of ether oxygens (including phenoxy) is 2. The summed E-state index contributed by atoms with van der Waals surface area (Å²) in [4.78, 5) is 40.3. The number of hydrogen-bond acceptors (Lipinski definition) is 9. The van der Waals surface area contributed by atoms with Gasteiger partial charge < -0.3 is 29.8 Å². The number of carbonyl (C=O) groups excluding carboxylic acids is 1. The van der Waals surface area contributed by atoms with E-state index in [1.165, 1.54) is 17.0 Å². The zero-order valence-electron chi connectivity index (χ0n) is 22.1. The summed E-state index contributed by atoms with van der Waals surface area (Å²) in [5.41, 5.74) is 1.20. The number of rotatable bonds is 8. The Morgan fingerprint density at radius 2 is 1.93 bits per heavy atom. The summed E-state index contributed by atoms with van der Waals surface area (Å²) in [5, 5.41) is 14.6. The fourth-order valence-corrected chi connectivity index (χ4v) is 4.20. The number of benzene rings is 1. The van der Waals surface area contributed by atoms with Crippen LogP contribution in [0.1, 0.15) is 23.9 Å². The highest BCUT2D eigenvalue weighted by atomic mass is 32.1. The average Bonchev–Trinajstić information content (AvgIpc) is 3.64. The molecule has 0 bridgehead atoms. The summed E-state index contributed by atoms with van der Waals surface area (Å²) in [5.74, 6) is -0.551. The Balaban J connectivity index is 0.000000681. The Morgan fingerprint density at radius 1 is 1.23 bits per heavy atom. The Morgan fingerprint density at radius 3 is 2.52 bits per heavy atom. The van der Waals surface area contributed by atoms with Gasteiger partial charge in [-0.05, 0) is 48.7 Å². The molecule has 1 aliphatic rings. The number of nitrogens with zero attached hydrogens (tertiary/aromatic N) is 4. The number of aromatic nitrogens is 4. The van der Waals surface area contributed by atoms with E-state index in [-0.39, 0.29) is 19.0 Å². The lowest BCUT2D eigenvalue weighted by Gasteiger charge is -2.33. The van der Waals surface area contributed by atoms with Crippen molar-refractivity contribution >= 4 is 29.7 Å². The molecule has 4 aromatic rings. The van der Waals surface area contributed by atoms with Crippen molar-refractivity contribution in [3.63, 3.8) is 0 Å². The molecule has 11 nitrogen and oxygen atoms in total. The topological polar surface area (TPSA) is 143 Å². The summed E-state index contributed by atoms with van der Waals surface area (Å²) in [6.07, 6.45) is 1.51. The number of anilines is 1. The van der Waals surface area contributed by atoms with Gasteiger partial charge in [-0.2, -0.15) is 0 Å². The molecule has 1 aromatic carbocycles. The molecule has 13 heteroatoms. The lowest BCUT2D eigenvalue weighted by Crippen LogP contribution is -2.42. The molecular weight excluding hydrogens is 539 g/mol. The third-order valence-electron chi connectivity index (χ3n) is 5.81. The van der Waals surface area contributed by atoms with Crippen molar-refractivity contribution in [1.29, 1.82) is 0 Å². The Kier molecular flexibility index (Phi) is 9.19. The number of aromatic amines is 1. The molecule has 4 heterocycles. The fraction of sp³-hybridized carbons (Fsp3) is 0.296. The van der Waals surface area contributed by atoms with Gasteiger partial charge in [-0.1, -0.05) is 6.07 Å². The fourth-order valence-electron chi connectivity index (χ4n) is 3.56. The van der Waals surface area contributed by atoms with Gasteiger partial charge in [0, 0.05) is 30.7 Å². The molecule has 1 fully saturated rings. The van der Waals surface area contributed by atoms with Crippen molar-refractivity contribution < 1.29 is 28.6 Å². The van der Waals surface area contributed by atoms with Crippen LogP contribution in [0.5, 0.6) is 0 Å². The Hall–Kier alpha value is -4.20. The molecule has 0 unspecified atom stereocenters. The Bertz CT molecular complexity index is 1420. The number of amides is 1. The third-order valence-corrected chi connectivity index (χ3v) is 6.69. The highest BCUT2D eigenvalue weighted by Crippen LogP contribution is 2.35. The number of carboxylic acids is 1. The first-order valence-electron chi connectivity index (χ1n) is 12.2. The monoisotopic (exact) mass is 568 g/mol. The van der Waals surface area contributed by atoms with Crippen LogP contribution in [-0.4, -0.2) is 69.6 Å². The van der Waals surface area contributed by atoms with Crippen LogP contribution in [0.4, 0.5) is 10.3 Å². The SMILES string of the molecule is CC1(C(=O)O)COC(c2nc(-c3ccc(F)cc3)c(-c3ccnc(NCc4cccs4)n3)[nH]2)OC1.CN(C)C=O. The third kappa shape index (κ3) is 7.05. The van der Waals surface area contributed by atoms with E-state index < -0.39 is 17.7 Å². The summed E-state index contributed by atoms with van der Waals surface area (Å²) >= 11 is 1.63. The zero-order chi connectivity index (χ0) is 28.7. The van der Waals surface area contributed by atoms with Gasteiger partial charge in [-0.25, -0.2) is 19.3 Å². The lowest BCUT2D eigenvalue weighted by atomic mass is 9.92. The number of imidazole rings is 1. The number of nitrogens with one attached hydrogen (secondary N) is 2. The number of thiophene rings is 1. The molecule has 0 spiro atoms. The predicted octanol–water partition coefficient (Wildman–Crippen LogP) is 4.19. The van der Waals surface area contributed by atoms with Crippen molar-refractivity contribution in [3.8, 4) is 22.6 Å². The second-order valence-corrected chi connectivity index (χ2v) is 10.5. The largest absolute Gasteiger partial charge is 0.481 e. The highest BCUT2D eigenvalue weighted by molar-refractivity contribution is 7.09. The molecule has 40 heavy (non-hydrogen) atoms. The van der Waals surface area contributed by atoms with Gasteiger partial charge in [-0.3, -0.25) is 9.59 Å². The minimum Gasteiger partial charge on any atom is -0.481 e. The standard InChI is InChI=1S/C24H22FN5O4S.C3H7NO/c1-24(22(31)32)12-33-21(34-13-24)20-29-18(14-4-6-15(25)7-5-14)19(30-20)17-8-9-26-23(28-17)27-11-16-3-2-10-35-16;1-4(2)3-5/h2-10,21H,11-13H2,1H3,(H,29,30)(H,31,32)(H,26,27,28);3H,1-2H3. The van der Waals surface area contributed by atoms with Crippen LogP contribution in [0.15, 0.2) is 54.0 Å². The zero-order valence-corrected chi connectivity index (χ0v) is 22.9. The van der Waals surface area contributed by atoms with Gasteiger partial charge in [-0.15, -0.1) is 11.3 Å². The maximum atomic E-state index is 13.6. The van der Waals surface area contributed by atoms with Crippen molar-refractivity contribution in [3.05, 3.63) is 70.6 Å². The molecule has 0 atom stereocenters. The van der Waals surface area contributed by atoms with E-state index in [0.29, 0.717) is 41.0 Å². The molecule has 3 aromatic heterocycles. The summed E-state index contributed by atoms with van der Waals surface area (Å²) in [6.45, 7) is 2.10.